The molecule has 0 radical (unpaired) electrons. The Bertz CT molecular complexity index is 1110. The highest BCUT2D eigenvalue weighted by atomic mass is 16.3. The number of aromatic hydroxyl groups is 1. The van der Waals surface area contributed by atoms with Crippen molar-refractivity contribution in [2.45, 2.75) is 176 Å². The van der Waals surface area contributed by atoms with Gasteiger partial charge in [0.25, 0.3) is 0 Å². The van der Waals surface area contributed by atoms with E-state index in [1.807, 2.05) is 134 Å². The van der Waals surface area contributed by atoms with Crippen molar-refractivity contribution in [2.24, 2.45) is 22.5 Å². The molecule has 6 heteroatoms. The van der Waals surface area contributed by atoms with Crippen molar-refractivity contribution in [1.82, 2.24) is 10.3 Å². The second kappa shape index (κ2) is 37.1. The number of hydrogen-bond acceptors (Lipinski definition) is 5. The maximum Gasteiger partial charge on any atom is 0.141 e. The first-order valence-electron chi connectivity index (χ1n) is 19.8. The molecule has 2 rings (SSSR count). The molecule has 0 saturated carbocycles. The number of phenols is 1. The number of rotatable bonds is 11. The third-order valence-electron chi connectivity index (χ3n) is 6.56. The van der Waals surface area contributed by atoms with Crippen molar-refractivity contribution in [1.29, 1.82) is 0 Å². The largest absolute Gasteiger partial charge is 0.508 e. The SMILES string of the molecule is CC.CC.CC.CC.CC(C)(C)NCCc1c[nH]c2ccc(O)cc12.CC/C=C\CC(=O)C(C)(C)C.CC/C=C\CC(C)(C)C(=O)C(C)C.CN. The Morgan fingerprint density at radius 3 is 1.69 bits per heavy atom. The maximum absolute atomic E-state index is 11.7. The minimum Gasteiger partial charge on any atom is -0.508 e. The fraction of sp³-hybridized carbons (Fsp3) is 0.689. The summed E-state index contributed by atoms with van der Waals surface area (Å²) in [6, 6.07) is 5.43. The van der Waals surface area contributed by atoms with Crippen LogP contribution in [0.2, 0.25) is 0 Å². The van der Waals surface area contributed by atoms with Gasteiger partial charge in [0.1, 0.15) is 17.3 Å². The maximum atomic E-state index is 11.7. The van der Waals surface area contributed by atoms with E-state index >= 15 is 0 Å². The Labute approximate surface area is 318 Å². The monoisotopic (exact) mass is 720 g/mol. The highest BCUT2D eigenvalue weighted by Crippen LogP contribution is 2.26. The zero-order valence-electron chi connectivity index (χ0n) is 37.8. The average molecular weight is 720 g/mol. The van der Waals surface area contributed by atoms with Crippen molar-refractivity contribution in [2.75, 3.05) is 13.6 Å². The molecule has 1 aromatic heterocycles. The Kier molecular flexibility index (Phi) is 43.9. The summed E-state index contributed by atoms with van der Waals surface area (Å²) in [6.45, 7) is 41.4. The quantitative estimate of drug-likeness (QED) is 0.173. The summed E-state index contributed by atoms with van der Waals surface area (Å²) in [4.78, 5) is 26.2. The number of aromatic nitrogens is 1. The summed E-state index contributed by atoms with van der Waals surface area (Å²) < 4.78 is 0. The first kappa shape index (κ1) is 60.4. The van der Waals surface area contributed by atoms with Crippen LogP contribution < -0.4 is 11.1 Å². The highest BCUT2D eigenvalue weighted by Gasteiger charge is 2.27. The second-order valence-electron chi connectivity index (χ2n) is 13.7. The van der Waals surface area contributed by atoms with Crippen molar-refractivity contribution < 1.29 is 14.7 Å². The lowest BCUT2D eigenvalue weighted by molar-refractivity contribution is -0.130. The van der Waals surface area contributed by atoms with Crippen LogP contribution in [0.3, 0.4) is 0 Å². The second-order valence-corrected chi connectivity index (χ2v) is 13.7. The summed E-state index contributed by atoms with van der Waals surface area (Å²) in [7, 11) is 1.50. The van der Waals surface area contributed by atoms with E-state index in [1.165, 1.54) is 12.6 Å². The fourth-order valence-electron chi connectivity index (χ4n) is 4.04. The molecule has 0 spiro atoms. The van der Waals surface area contributed by atoms with Gasteiger partial charge in [-0.2, -0.15) is 0 Å². The summed E-state index contributed by atoms with van der Waals surface area (Å²) in [5, 5.41) is 14.1. The smallest absolute Gasteiger partial charge is 0.141 e. The molecule has 0 unspecified atom stereocenters. The van der Waals surface area contributed by atoms with Crippen LogP contribution in [0.15, 0.2) is 48.7 Å². The number of phenolic OH excluding ortho intramolecular Hbond substituents is 1. The number of Topliss-reactive ketones (excluding diaryl/α,β-unsaturated/α-hetero) is 2. The predicted molar refractivity (Wildman–Crippen MR) is 233 cm³/mol. The van der Waals surface area contributed by atoms with E-state index in [9.17, 15) is 14.7 Å². The predicted octanol–water partition coefficient (Wildman–Crippen LogP) is 13.0. The number of fused-ring (bicyclic) bond motifs is 1. The van der Waals surface area contributed by atoms with Gasteiger partial charge in [0, 0.05) is 45.8 Å². The molecule has 0 amide bonds. The van der Waals surface area contributed by atoms with Gasteiger partial charge >= 0.3 is 0 Å². The number of nitrogens with one attached hydrogen (secondary N) is 2. The molecule has 1 aromatic carbocycles. The van der Waals surface area contributed by atoms with Crippen molar-refractivity contribution >= 4 is 22.5 Å². The third kappa shape index (κ3) is 34.2. The zero-order valence-corrected chi connectivity index (χ0v) is 37.8. The molecule has 0 aliphatic carbocycles. The molecule has 1 heterocycles. The normalized spacial score (nSPS) is 10.6. The van der Waals surface area contributed by atoms with Gasteiger partial charge in [-0.25, -0.2) is 0 Å². The van der Waals surface area contributed by atoms with Crippen molar-refractivity contribution in [3.05, 3.63) is 54.3 Å². The Balaban J connectivity index is -0.000000135. The van der Waals surface area contributed by atoms with Crippen LogP contribution >= 0.6 is 0 Å². The molecule has 51 heavy (non-hydrogen) atoms. The molecule has 5 N–H and O–H groups in total. The fourth-order valence-corrected chi connectivity index (χ4v) is 4.04. The van der Waals surface area contributed by atoms with E-state index < -0.39 is 0 Å². The topological polar surface area (TPSA) is 108 Å². The summed E-state index contributed by atoms with van der Waals surface area (Å²) in [5.41, 5.74) is 6.59. The van der Waals surface area contributed by atoms with E-state index in [4.69, 9.17) is 0 Å². The van der Waals surface area contributed by atoms with E-state index in [0.29, 0.717) is 23.7 Å². The lowest BCUT2D eigenvalue weighted by Gasteiger charge is -2.23. The van der Waals surface area contributed by atoms with Crippen LogP contribution in [0, 0.1) is 16.7 Å². The molecule has 0 aliphatic rings. The van der Waals surface area contributed by atoms with Gasteiger partial charge in [-0.05, 0) is 83.8 Å². The highest BCUT2D eigenvalue weighted by molar-refractivity contribution is 5.86. The Hall–Kier alpha value is -2.70. The molecule has 0 saturated heterocycles. The van der Waals surface area contributed by atoms with Gasteiger partial charge in [-0.1, -0.05) is 142 Å². The molecule has 302 valence electrons. The van der Waals surface area contributed by atoms with E-state index in [1.54, 1.807) is 6.07 Å². The van der Waals surface area contributed by atoms with E-state index in [2.05, 4.69) is 62.8 Å². The number of ketones is 2. The van der Waals surface area contributed by atoms with Crippen molar-refractivity contribution in [3.8, 4) is 5.75 Å². The third-order valence-corrected chi connectivity index (χ3v) is 6.56. The molecular formula is C45H89N3O3. The molecule has 0 atom stereocenters. The number of aromatic amines is 1. The van der Waals surface area contributed by atoms with Crippen LogP contribution in [-0.4, -0.2) is 40.8 Å². The lowest BCUT2D eigenvalue weighted by atomic mass is 9.79. The van der Waals surface area contributed by atoms with E-state index in [-0.39, 0.29) is 22.3 Å². The number of allylic oxidation sites excluding steroid dienone is 4. The molecule has 0 fully saturated rings. The van der Waals surface area contributed by atoms with Gasteiger partial charge in [0.05, 0.1) is 0 Å². The van der Waals surface area contributed by atoms with Gasteiger partial charge in [0.2, 0.25) is 0 Å². The van der Waals surface area contributed by atoms with E-state index in [0.717, 1.165) is 43.1 Å². The summed E-state index contributed by atoms with van der Waals surface area (Å²) in [5.74, 6) is 1.13. The van der Waals surface area contributed by atoms with Crippen LogP contribution in [0.5, 0.6) is 5.75 Å². The first-order chi connectivity index (χ1) is 23.9. The number of H-pyrrole nitrogens is 1. The summed E-state index contributed by atoms with van der Waals surface area (Å²) in [6.07, 6.45) is 14.7. The zero-order chi connectivity index (χ0) is 41.9. The first-order valence-corrected chi connectivity index (χ1v) is 19.8. The number of carbonyl (C=O) groups excluding carboxylic acids is 2. The molecule has 2 aromatic rings. The van der Waals surface area contributed by atoms with Gasteiger partial charge in [-0.15, -0.1) is 0 Å². The van der Waals surface area contributed by atoms with Crippen LogP contribution in [-0.2, 0) is 16.0 Å². The number of benzene rings is 1. The number of carbonyl (C=O) groups is 2. The summed E-state index contributed by atoms with van der Waals surface area (Å²) >= 11 is 0. The van der Waals surface area contributed by atoms with Crippen LogP contribution in [0.4, 0.5) is 0 Å². The minimum atomic E-state index is -0.195. The van der Waals surface area contributed by atoms with Gasteiger partial charge in [-0.3, -0.25) is 9.59 Å². The van der Waals surface area contributed by atoms with Crippen molar-refractivity contribution in [3.63, 3.8) is 0 Å². The van der Waals surface area contributed by atoms with Gasteiger partial charge < -0.3 is 21.1 Å². The molecule has 6 nitrogen and oxygen atoms in total. The lowest BCUT2D eigenvalue weighted by Crippen LogP contribution is -2.37. The standard InChI is InChI=1S/C14H20N2O.C12H22O.C10H18O.4C2H6.CH5N/c1-14(2,3)16-7-6-10-9-15-13-5-4-11(17)8-12(10)13;1-6-7-8-9-12(4,5)11(13)10(2)3;1-5-6-7-8-9(11)10(2,3)4;5*1-2/h4-5,8-9,15-17H,6-7H2,1-3H3;7-8,10H,6,9H2,1-5H3;6-7H,5,8H2,1-4H3;4*1-2H3;2H2,1H3/b;8-7-;7-6-;;;;;. The Morgan fingerprint density at radius 1 is 0.804 bits per heavy atom. The van der Waals surface area contributed by atoms with Crippen LogP contribution in [0.25, 0.3) is 10.9 Å². The Morgan fingerprint density at radius 2 is 1.27 bits per heavy atom. The average Bonchev–Trinajstić information content (AvgIpc) is 3.50. The van der Waals surface area contributed by atoms with Gasteiger partial charge in [0.15, 0.2) is 0 Å². The molecule has 0 aliphatic heterocycles. The molecular weight excluding hydrogens is 631 g/mol. The number of nitrogens with two attached hydrogens (primary N) is 1. The minimum absolute atomic E-state index is 0.144. The van der Waals surface area contributed by atoms with Crippen LogP contribution in [0.1, 0.15) is 170 Å². The molecule has 0 bridgehead atoms. The number of hydrogen-bond donors (Lipinski definition) is 4.